The van der Waals surface area contributed by atoms with Crippen molar-refractivity contribution >= 4 is 11.9 Å². The van der Waals surface area contributed by atoms with E-state index in [-0.39, 0.29) is 17.5 Å². The molecule has 0 aromatic carbocycles. The molecule has 2 aliphatic rings. The number of carbonyl (C=O) groups excluding carboxylic acids is 2. The van der Waals surface area contributed by atoms with Gasteiger partial charge in [-0.2, -0.15) is 0 Å². The number of urea groups is 1. The van der Waals surface area contributed by atoms with Gasteiger partial charge in [0.15, 0.2) is 0 Å². The van der Waals surface area contributed by atoms with Gasteiger partial charge in [-0.15, -0.1) is 0 Å². The Morgan fingerprint density at radius 1 is 1.00 bits per heavy atom. The van der Waals surface area contributed by atoms with Gasteiger partial charge in [-0.3, -0.25) is 4.79 Å². The maximum Gasteiger partial charge on any atom is 0.319 e. The first kappa shape index (κ1) is 16.1. The molecule has 0 spiro atoms. The summed E-state index contributed by atoms with van der Waals surface area (Å²) < 4.78 is 0. The maximum atomic E-state index is 12.4. The predicted molar refractivity (Wildman–Crippen MR) is 81.9 cm³/mol. The van der Waals surface area contributed by atoms with E-state index in [1.54, 1.807) is 23.9 Å². The number of hydrogen-bond acceptors (Lipinski definition) is 3. The molecule has 0 unspecified atom stereocenters. The minimum Gasteiger partial charge on any atom is -0.339 e. The second kappa shape index (κ2) is 6.64. The van der Waals surface area contributed by atoms with E-state index < -0.39 is 0 Å². The van der Waals surface area contributed by atoms with Gasteiger partial charge in [-0.25, -0.2) is 4.79 Å². The van der Waals surface area contributed by atoms with E-state index in [4.69, 9.17) is 5.73 Å². The molecule has 6 nitrogen and oxygen atoms in total. The molecule has 0 radical (unpaired) electrons. The Bertz CT molecular complexity index is 383. The first-order chi connectivity index (χ1) is 9.91. The molecule has 120 valence electrons. The first-order valence-corrected chi connectivity index (χ1v) is 7.94. The molecule has 0 aromatic rings. The summed E-state index contributed by atoms with van der Waals surface area (Å²) in [5.41, 5.74) is 6.06. The highest BCUT2D eigenvalue weighted by Gasteiger charge is 2.33. The molecule has 1 aliphatic heterocycles. The third kappa shape index (κ3) is 4.09. The molecule has 1 saturated heterocycles. The SMILES string of the molecule is CN(C)C(=O)N1CCN(C(=O)CC2(N)CCCCC2)CC1. The number of rotatable bonds is 2. The van der Waals surface area contributed by atoms with Crippen LogP contribution in [0.5, 0.6) is 0 Å². The number of hydrogen-bond donors (Lipinski definition) is 1. The summed E-state index contributed by atoms with van der Waals surface area (Å²) in [5, 5.41) is 0. The average Bonchev–Trinajstić information content (AvgIpc) is 2.46. The van der Waals surface area contributed by atoms with E-state index in [2.05, 4.69) is 0 Å². The molecule has 0 bridgehead atoms. The Hall–Kier alpha value is -1.30. The normalized spacial score (nSPS) is 22.0. The molecule has 0 aromatic heterocycles. The fraction of sp³-hybridized carbons (Fsp3) is 0.867. The van der Waals surface area contributed by atoms with Crippen molar-refractivity contribution < 1.29 is 9.59 Å². The standard InChI is InChI=1S/C15H28N4O2/c1-17(2)14(21)19-10-8-18(9-11-19)13(20)12-15(16)6-4-3-5-7-15/h3-12,16H2,1-2H3. The molecule has 2 fully saturated rings. The fourth-order valence-corrected chi connectivity index (χ4v) is 3.28. The average molecular weight is 296 g/mol. The summed E-state index contributed by atoms with van der Waals surface area (Å²) in [6.45, 7) is 2.46. The molecule has 3 amide bonds. The van der Waals surface area contributed by atoms with Crippen LogP contribution in [0.25, 0.3) is 0 Å². The van der Waals surface area contributed by atoms with Crippen molar-refractivity contribution in [1.29, 1.82) is 0 Å². The third-order valence-electron chi connectivity index (χ3n) is 4.64. The smallest absolute Gasteiger partial charge is 0.319 e. The zero-order valence-corrected chi connectivity index (χ0v) is 13.3. The van der Waals surface area contributed by atoms with Crippen molar-refractivity contribution in [2.24, 2.45) is 5.73 Å². The topological polar surface area (TPSA) is 69.9 Å². The van der Waals surface area contributed by atoms with Crippen LogP contribution in [0.3, 0.4) is 0 Å². The number of nitrogens with two attached hydrogens (primary N) is 1. The first-order valence-electron chi connectivity index (χ1n) is 7.94. The number of piperazine rings is 1. The Morgan fingerprint density at radius 3 is 2.05 bits per heavy atom. The zero-order valence-electron chi connectivity index (χ0n) is 13.3. The van der Waals surface area contributed by atoms with E-state index in [1.165, 1.54) is 6.42 Å². The lowest BCUT2D eigenvalue weighted by atomic mass is 9.80. The van der Waals surface area contributed by atoms with Gasteiger partial charge in [0.1, 0.15) is 0 Å². The lowest BCUT2D eigenvalue weighted by Gasteiger charge is -2.39. The van der Waals surface area contributed by atoms with E-state index >= 15 is 0 Å². The molecule has 0 atom stereocenters. The molecule has 1 heterocycles. The van der Waals surface area contributed by atoms with E-state index in [0.29, 0.717) is 32.6 Å². The van der Waals surface area contributed by atoms with Gasteiger partial charge in [0.05, 0.1) is 0 Å². The van der Waals surface area contributed by atoms with Crippen molar-refractivity contribution in [3.63, 3.8) is 0 Å². The van der Waals surface area contributed by atoms with Gasteiger partial charge in [0.2, 0.25) is 5.91 Å². The van der Waals surface area contributed by atoms with E-state index in [9.17, 15) is 9.59 Å². The predicted octanol–water partition coefficient (Wildman–Crippen LogP) is 0.864. The Kier molecular flexibility index (Phi) is 5.08. The van der Waals surface area contributed by atoms with Crippen LogP contribution < -0.4 is 5.73 Å². The van der Waals surface area contributed by atoms with Crippen LogP contribution in [0.15, 0.2) is 0 Å². The lowest BCUT2D eigenvalue weighted by Crippen LogP contribution is -2.54. The monoisotopic (exact) mass is 296 g/mol. The van der Waals surface area contributed by atoms with Gasteiger partial charge in [-0.1, -0.05) is 19.3 Å². The largest absolute Gasteiger partial charge is 0.339 e. The van der Waals surface area contributed by atoms with Crippen molar-refractivity contribution in [1.82, 2.24) is 14.7 Å². The Balaban J connectivity index is 1.81. The maximum absolute atomic E-state index is 12.4. The van der Waals surface area contributed by atoms with Gasteiger partial charge >= 0.3 is 6.03 Å². The summed E-state index contributed by atoms with van der Waals surface area (Å²) >= 11 is 0. The van der Waals surface area contributed by atoms with Crippen molar-refractivity contribution in [2.45, 2.75) is 44.1 Å². The van der Waals surface area contributed by atoms with Crippen LogP contribution in [0.2, 0.25) is 0 Å². The van der Waals surface area contributed by atoms with Gasteiger partial charge in [0.25, 0.3) is 0 Å². The van der Waals surface area contributed by atoms with E-state index in [0.717, 1.165) is 25.7 Å². The highest BCUT2D eigenvalue weighted by atomic mass is 16.2. The molecule has 1 saturated carbocycles. The van der Waals surface area contributed by atoms with Crippen molar-refractivity contribution in [3.05, 3.63) is 0 Å². The van der Waals surface area contributed by atoms with Crippen LogP contribution in [-0.4, -0.2) is 72.5 Å². The summed E-state index contributed by atoms with van der Waals surface area (Å²) in [6.07, 6.45) is 5.87. The highest BCUT2D eigenvalue weighted by Crippen LogP contribution is 2.29. The molecule has 6 heteroatoms. The summed E-state index contributed by atoms with van der Waals surface area (Å²) in [4.78, 5) is 29.5. The van der Waals surface area contributed by atoms with Crippen LogP contribution in [0, 0.1) is 0 Å². The lowest BCUT2D eigenvalue weighted by molar-refractivity contribution is -0.134. The van der Waals surface area contributed by atoms with Crippen molar-refractivity contribution in [2.75, 3.05) is 40.3 Å². The molecule has 1 aliphatic carbocycles. The van der Waals surface area contributed by atoms with Crippen LogP contribution >= 0.6 is 0 Å². The molecular weight excluding hydrogens is 268 g/mol. The second-order valence-electron chi connectivity index (χ2n) is 6.64. The molecular formula is C15H28N4O2. The third-order valence-corrected chi connectivity index (χ3v) is 4.64. The van der Waals surface area contributed by atoms with Crippen LogP contribution in [-0.2, 0) is 4.79 Å². The minimum atomic E-state index is -0.300. The minimum absolute atomic E-state index is 0.0182. The quantitative estimate of drug-likeness (QED) is 0.822. The fourth-order valence-electron chi connectivity index (χ4n) is 3.28. The Labute approximate surface area is 127 Å². The number of carbonyl (C=O) groups is 2. The van der Waals surface area contributed by atoms with Gasteiger partial charge in [0, 0.05) is 52.2 Å². The molecule has 2 rings (SSSR count). The van der Waals surface area contributed by atoms with Crippen LogP contribution in [0.1, 0.15) is 38.5 Å². The summed E-state index contributed by atoms with van der Waals surface area (Å²) in [6, 6.07) is 0.0182. The second-order valence-corrected chi connectivity index (χ2v) is 6.64. The Morgan fingerprint density at radius 2 is 1.52 bits per heavy atom. The number of amides is 3. The molecule has 2 N–H and O–H groups in total. The summed E-state index contributed by atoms with van der Waals surface area (Å²) in [5.74, 6) is 0.149. The van der Waals surface area contributed by atoms with E-state index in [1.807, 2.05) is 4.90 Å². The molecule has 21 heavy (non-hydrogen) atoms. The highest BCUT2D eigenvalue weighted by molar-refractivity contribution is 5.78. The van der Waals surface area contributed by atoms with Gasteiger partial charge in [-0.05, 0) is 12.8 Å². The summed E-state index contributed by atoms with van der Waals surface area (Å²) in [7, 11) is 3.50. The van der Waals surface area contributed by atoms with Crippen LogP contribution in [0.4, 0.5) is 4.79 Å². The zero-order chi connectivity index (χ0) is 15.5. The number of nitrogens with zero attached hydrogens (tertiary/aromatic N) is 3. The van der Waals surface area contributed by atoms with Gasteiger partial charge < -0.3 is 20.4 Å². The van der Waals surface area contributed by atoms with Crippen molar-refractivity contribution in [3.8, 4) is 0 Å².